The fourth-order valence-corrected chi connectivity index (χ4v) is 4.35. The Balaban J connectivity index is 1.36. The van der Waals surface area contributed by atoms with Gasteiger partial charge in [0.15, 0.2) is 0 Å². The first-order valence-electron chi connectivity index (χ1n) is 9.42. The molecule has 1 saturated heterocycles. The minimum atomic E-state index is 0.0931. The Morgan fingerprint density at radius 1 is 1.04 bits per heavy atom. The number of anilines is 1. The number of aromatic nitrogens is 1. The molecule has 2 heterocycles. The van der Waals surface area contributed by atoms with Gasteiger partial charge >= 0.3 is 0 Å². The van der Waals surface area contributed by atoms with Crippen LogP contribution in [0.25, 0.3) is 10.9 Å². The van der Waals surface area contributed by atoms with Gasteiger partial charge in [-0.25, -0.2) is 0 Å². The number of nitrogens with zero attached hydrogens (tertiary/aromatic N) is 1. The van der Waals surface area contributed by atoms with Gasteiger partial charge in [-0.05, 0) is 47.1 Å². The first kappa shape index (κ1) is 15.9. The average Bonchev–Trinajstić information content (AvgIpc) is 3.24. The van der Waals surface area contributed by atoms with E-state index in [1.54, 1.807) is 0 Å². The quantitative estimate of drug-likeness (QED) is 0.740. The van der Waals surface area contributed by atoms with Crippen molar-refractivity contribution >= 4 is 16.6 Å². The fourth-order valence-electron chi connectivity index (χ4n) is 4.35. The van der Waals surface area contributed by atoms with Crippen molar-refractivity contribution in [3.8, 4) is 0 Å². The third-order valence-corrected chi connectivity index (χ3v) is 6.01. The van der Waals surface area contributed by atoms with Gasteiger partial charge in [0.25, 0.3) is 0 Å². The molecule has 2 N–H and O–H groups in total. The molecule has 1 aliphatic carbocycles. The van der Waals surface area contributed by atoms with Crippen LogP contribution in [0.3, 0.4) is 0 Å². The second-order valence-corrected chi connectivity index (χ2v) is 7.64. The lowest BCUT2D eigenvalue weighted by atomic mass is 9.71. The summed E-state index contributed by atoms with van der Waals surface area (Å²) in [5.74, 6) is 1.45. The third-order valence-electron chi connectivity index (χ3n) is 6.01. The van der Waals surface area contributed by atoms with Gasteiger partial charge in [-0.2, -0.15) is 0 Å². The van der Waals surface area contributed by atoms with Crippen LogP contribution in [0.4, 0.5) is 5.69 Å². The van der Waals surface area contributed by atoms with Gasteiger partial charge in [0, 0.05) is 37.0 Å². The molecule has 0 bridgehead atoms. The predicted molar refractivity (Wildman–Crippen MR) is 103 cm³/mol. The molecule has 1 aromatic heterocycles. The van der Waals surface area contributed by atoms with E-state index in [-0.39, 0.29) is 6.61 Å². The molecule has 2 aliphatic rings. The van der Waals surface area contributed by atoms with Crippen LogP contribution in [0.2, 0.25) is 0 Å². The number of rotatable bonds is 5. The molecule has 0 radical (unpaired) electrons. The molecule has 0 spiro atoms. The summed E-state index contributed by atoms with van der Waals surface area (Å²) >= 11 is 0. The van der Waals surface area contributed by atoms with Crippen LogP contribution in [0.1, 0.15) is 17.5 Å². The molecule has 1 aliphatic heterocycles. The van der Waals surface area contributed by atoms with Crippen molar-refractivity contribution in [1.29, 1.82) is 0 Å². The van der Waals surface area contributed by atoms with Crippen LogP contribution in [0, 0.1) is 11.8 Å². The Hall–Kier alpha value is -2.30. The molecular formula is C22H24N2O2. The number of aliphatic hydroxyl groups excluding tert-OH is 1. The van der Waals surface area contributed by atoms with Crippen molar-refractivity contribution in [2.75, 3.05) is 18.5 Å². The lowest BCUT2D eigenvalue weighted by Crippen LogP contribution is -2.45. The molecule has 3 aromatic rings. The molecule has 4 nitrogen and oxygen atoms in total. The SMILES string of the molecule is OCc1ccc(Cn2ccc3ccc(NC4C[C@@H]5COC[C@H]45)cc32)cc1. The first-order valence-corrected chi connectivity index (χ1v) is 9.42. The van der Waals surface area contributed by atoms with Crippen LogP contribution in [0.15, 0.2) is 54.7 Å². The Labute approximate surface area is 153 Å². The predicted octanol–water partition coefficient (Wildman–Crippen LogP) is 3.63. The molecule has 0 amide bonds. The van der Waals surface area contributed by atoms with Crippen molar-refractivity contribution < 1.29 is 9.84 Å². The lowest BCUT2D eigenvalue weighted by molar-refractivity contribution is 0.187. The summed E-state index contributed by atoms with van der Waals surface area (Å²) in [5.41, 5.74) is 4.64. The second kappa shape index (κ2) is 6.45. The van der Waals surface area contributed by atoms with Crippen molar-refractivity contribution in [2.45, 2.75) is 25.6 Å². The van der Waals surface area contributed by atoms with Crippen LogP contribution in [-0.4, -0.2) is 28.9 Å². The summed E-state index contributed by atoms with van der Waals surface area (Å²) in [6.07, 6.45) is 3.37. The maximum Gasteiger partial charge on any atom is 0.0681 e. The van der Waals surface area contributed by atoms with E-state index in [9.17, 15) is 5.11 Å². The number of aliphatic hydroxyl groups is 1. The highest BCUT2D eigenvalue weighted by atomic mass is 16.5. The molecule has 1 unspecified atom stereocenters. The number of fused-ring (bicyclic) bond motifs is 2. The van der Waals surface area contributed by atoms with Crippen molar-refractivity contribution in [3.05, 3.63) is 65.9 Å². The van der Waals surface area contributed by atoms with Crippen molar-refractivity contribution in [2.24, 2.45) is 11.8 Å². The normalized spacial score (nSPS) is 24.4. The zero-order valence-electron chi connectivity index (χ0n) is 14.8. The molecule has 26 heavy (non-hydrogen) atoms. The Kier molecular flexibility index (Phi) is 3.95. The third kappa shape index (κ3) is 2.79. The minimum Gasteiger partial charge on any atom is -0.392 e. The number of hydrogen-bond acceptors (Lipinski definition) is 3. The van der Waals surface area contributed by atoms with Crippen LogP contribution in [-0.2, 0) is 17.9 Å². The molecule has 5 rings (SSSR count). The van der Waals surface area contributed by atoms with E-state index in [0.29, 0.717) is 12.0 Å². The van der Waals surface area contributed by atoms with E-state index < -0.39 is 0 Å². The van der Waals surface area contributed by atoms with Gasteiger partial charge in [-0.1, -0.05) is 30.3 Å². The zero-order chi connectivity index (χ0) is 17.5. The van der Waals surface area contributed by atoms with Gasteiger partial charge in [-0.3, -0.25) is 0 Å². The van der Waals surface area contributed by atoms with Gasteiger partial charge in [0.05, 0.1) is 18.7 Å². The molecule has 2 fully saturated rings. The summed E-state index contributed by atoms with van der Waals surface area (Å²) in [5, 5.41) is 14.2. The zero-order valence-corrected chi connectivity index (χ0v) is 14.8. The van der Waals surface area contributed by atoms with E-state index in [0.717, 1.165) is 31.2 Å². The maximum absolute atomic E-state index is 9.19. The van der Waals surface area contributed by atoms with E-state index in [4.69, 9.17) is 4.74 Å². The van der Waals surface area contributed by atoms with Gasteiger partial charge in [0.2, 0.25) is 0 Å². The van der Waals surface area contributed by atoms with E-state index >= 15 is 0 Å². The van der Waals surface area contributed by atoms with Gasteiger partial charge in [0.1, 0.15) is 0 Å². The minimum absolute atomic E-state index is 0.0931. The highest BCUT2D eigenvalue weighted by molar-refractivity contribution is 5.83. The maximum atomic E-state index is 9.19. The largest absolute Gasteiger partial charge is 0.392 e. The lowest BCUT2D eigenvalue weighted by Gasteiger charge is -2.39. The average molecular weight is 348 g/mol. The van der Waals surface area contributed by atoms with Crippen LogP contribution in [0.5, 0.6) is 0 Å². The Morgan fingerprint density at radius 3 is 2.69 bits per heavy atom. The summed E-state index contributed by atoms with van der Waals surface area (Å²) in [7, 11) is 0. The van der Waals surface area contributed by atoms with Crippen LogP contribution < -0.4 is 5.32 Å². The summed E-state index contributed by atoms with van der Waals surface area (Å²) in [6, 6.07) is 17.5. The number of hydrogen-bond donors (Lipinski definition) is 2. The van der Waals surface area contributed by atoms with Crippen molar-refractivity contribution in [1.82, 2.24) is 4.57 Å². The van der Waals surface area contributed by atoms with Gasteiger partial charge < -0.3 is 19.7 Å². The highest BCUT2D eigenvalue weighted by Crippen LogP contribution is 2.41. The summed E-state index contributed by atoms with van der Waals surface area (Å²) in [6.45, 7) is 2.78. The number of ether oxygens (including phenoxy) is 1. The first-order chi connectivity index (χ1) is 12.8. The summed E-state index contributed by atoms with van der Waals surface area (Å²) < 4.78 is 7.89. The highest BCUT2D eigenvalue weighted by Gasteiger charge is 2.44. The molecular weight excluding hydrogens is 324 g/mol. The number of benzene rings is 2. The second-order valence-electron chi connectivity index (χ2n) is 7.64. The van der Waals surface area contributed by atoms with Gasteiger partial charge in [-0.15, -0.1) is 0 Å². The fraction of sp³-hybridized carbons (Fsp3) is 0.364. The standard InChI is InChI=1S/C22H24N2O2/c25-12-16-3-1-15(2-4-16)11-24-8-7-17-5-6-19(10-22(17)24)23-21-9-18-13-26-14-20(18)21/h1-8,10,18,20-21,23,25H,9,11-14H2/t18-,20+,21?/m1/s1. The molecule has 2 aromatic carbocycles. The molecule has 1 saturated carbocycles. The molecule has 134 valence electrons. The monoisotopic (exact) mass is 348 g/mol. The Bertz CT molecular complexity index is 916. The molecule has 3 atom stereocenters. The molecule has 4 heteroatoms. The van der Waals surface area contributed by atoms with E-state index in [1.807, 2.05) is 12.1 Å². The topological polar surface area (TPSA) is 46.4 Å². The smallest absolute Gasteiger partial charge is 0.0681 e. The Morgan fingerprint density at radius 2 is 1.88 bits per heavy atom. The van der Waals surface area contributed by atoms with Crippen molar-refractivity contribution in [3.63, 3.8) is 0 Å². The van der Waals surface area contributed by atoms with E-state index in [2.05, 4.69) is 52.5 Å². The van der Waals surface area contributed by atoms with Crippen LogP contribution >= 0.6 is 0 Å². The number of nitrogens with one attached hydrogen (secondary N) is 1. The summed E-state index contributed by atoms with van der Waals surface area (Å²) in [4.78, 5) is 0. The van der Waals surface area contributed by atoms with E-state index in [1.165, 1.54) is 28.6 Å².